The Balaban J connectivity index is 2.02. The van der Waals surface area contributed by atoms with Gasteiger partial charge in [0.2, 0.25) is 0 Å². The molecule has 0 bridgehead atoms. The Morgan fingerprint density at radius 1 is 1.21 bits per heavy atom. The van der Waals surface area contributed by atoms with E-state index < -0.39 is 0 Å². The maximum atomic E-state index is 6.28. The van der Waals surface area contributed by atoms with Gasteiger partial charge in [-0.15, -0.1) is 0 Å². The van der Waals surface area contributed by atoms with Gasteiger partial charge in [0.25, 0.3) is 0 Å². The van der Waals surface area contributed by atoms with Gasteiger partial charge in [0.1, 0.15) is 0 Å². The number of nitrogens with zero attached hydrogens (tertiary/aromatic N) is 1. The van der Waals surface area contributed by atoms with Crippen molar-refractivity contribution in [2.24, 2.45) is 5.73 Å². The summed E-state index contributed by atoms with van der Waals surface area (Å²) in [7, 11) is 0. The second-order valence-electron chi connectivity index (χ2n) is 5.63. The Morgan fingerprint density at radius 3 is 2.53 bits per heavy atom. The topological polar surface area (TPSA) is 29.3 Å². The van der Waals surface area contributed by atoms with Crippen LogP contribution in [0.25, 0.3) is 0 Å². The van der Waals surface area contributed by atoms with Gasteiger partial charge in [-0.1, -0.05) is 36.7 Å². The zero-order valence-corrected chi connectivity index (χ0v) is 12.6. The van der Waals surface area contributed by atoms with E-state index in [9.17, 15) is 0 Å². The minimum Gasteiger partial charge on any atom is -0.328 e. The monoisotopic (exact) mass is 280 g/mol. The molecule has 0 radical (unpaired) electrons. The van der Waals surface area contributed by atoms with Crippen LogP contribution in [0.1, 0.15) is 44.6 Å². The highest BCUT2D eigenvalue weighted by Crippen LogP contribution is 2.25. The highest BCUT2D eigenvalue weighted by atomic mass is 35.5. The van der Waals surface area contributed by atoms with Gasteiger partial charge < -0.3 is 5.73 Å². The van der Waals surface area contributed by atoms with E-state index in [4.69, 9.17) is 17.3 Å². The summed E-state index contributed by atoms with van der Waals surface area (Å²) in [5, 5.41) is 0.885. The van der Waals surface area contributed by atoms with Crippen LogP contribution < -0.4 is 5.73 Å². The molecule has 0 unspecified atom stereocenters. The van der Waals surface area contributed by atoms with E-state index in [1.54, 1.807) is 0 Å². The van der Waals surface area contributed by atoms with E-state index >= 15 is 0 Å². The number of hydrogen-bond donors (Lipinski definition) is 1. The first-order chi connectivity index (χ1) is 9.20. The Labute approximate surface area is 121 Å². The number of nitrogens with two attached hydrogens (primary N) is 1. The summed E-state index contributed by atoms with van der Waals surface area (Å²) in [6.45, 7) is 4.35. The SMILES string of the molecule is CCCN(Cc1ccccc1Cl)C1CCC(N)CC1. The molecule has 0 heterocycles. The molecule has 106 valence electrons. The fourth-order valence-electron chi connectivity index (χ4n) is 2.99. The van der Waals surface area contributed by atoms with Crippen LogP contribution in [0.5, 0.6) is 0 Å². The lowest BCUT2D eigenvalue weighted by atomic mass is 9.90. The summed E-state index contributed by atoms with van der Waals surface area (Å²) in [5.41, 5.74) is 7.25. The van der Waals surface area contributed by atoms with Gasteiger partial charge >= 0.3 is 0 Å². The highest BCUT2D eigenvalue weighted by molar-refractivity contribution is 6.31. The van der Waals surface area contributed by atoms with Gasteiger partial charge in [-0.25, -0.2) is 0 Å². The Bertz CT molecular complexity index is 386. The first-order valence-corrected chi connectivity index (χ1v) is 7.81. The predicted octanol–water partition coefficient (Wildman–Crippen LogP) is 3.82. The summed E-state index contributed by atoms with van der Waals surface area (Å²) in [6.07, 6.45) is 5.96. The lowest BCUT2D eigenvalue weighted by molar-refractivity contribution is 0.142. The van der Waals surface area contributed by atoms with Crippen molar-refractivity contribution in [3.05, 3.63) is 34.9 Å². The quantitative estimate of drug-likeness (QED) is 0.888. The maximum Gasteiger partial charge on any atom is 0.0451 e. The molecule has 1 aliphatic carbocycles. The fourth-order valence-corrected chi connectivity index (χ4v) is 3.19. The summed E-state index contributed by atoms with van der Waals surface area (Å²) in [5.74, 6) is 0. The fraction of sp³-hybridized carbons (Fsp3) is 0.625. The molecule has 1 saturated carbocycles. The Hall–Kier alpha value is -0.570. The van der Waals surface area contributed by atoms with Crippen molar-refractivity contribution in [2.45, 2.75) is 57.7 Å². The molecular weight excluding hydrogens is 256 g/mol. The minimum atomic E-state index is 0.417. The second kappa shape index (κ2) is 7.28. The molecule has 3 heteroatoms. The van der Waals surface area contributed by atoms with Crippen molar-refractivity contribution < 1.29 is 0 Å². The van der Waals surface area contributed by atoms with E-state index in [-0.39, 0.29) is 0 Å². The molecule has 2 rings (SSSR count). The van der Waals surface area contributed by atoms with Gasteiger partial charge in [-0.05, 0) is 50.3 Å². The largest absolute Gasteiger partial charge is 0.328 e. The molecule has 1 aliphatic rings. The van der Waals surface area contributed by atoms with Crippen LogP contribution >= 0.6 is 11.6 Å². The smallest absolute Gasteiger partial charge is 0.0451 e. The van der Waals surface area contributed by atoms with Crippen LogP contribution in [0.4, 0.5) is 0 Å². The van der Waals surface area contributed by atoms with E-state index in [0.717, 1.165) is 31.0 Å². The average Bonchev–Trinajstić information content (AvgIpc) is 2.42. The molecule has 0 atom stereocenters. The van der Waals surface area contributed by atoms with Crippen LogP contribution in [-0.2, 0) is 6.54 Å². The lowest BCUT2D eigenvalue weighted by Crippen LogP contribution is -2.40. The van der Waals surface area contributed by atoms with Crippen LogP contribution in [0.2, 0.25) is 5.02 Å². The second-order valence-corrected chi connectivity index (χ2v) is 6.04. The molecule has 0 aromatic heterocycles. The molecule has 1 aromatic carbocycles. The zero-order valence-electron chi connectivity index (χ0n) is 11.8. The summed E-state index contributed by atoms with van der Waals surface area (Å²) in [4.78, 5) is 2.59. The third-order valence-corrected chi connectivity index (χ3v) is 4.47. The zero-order chi connectivity index (χ0) is 13.7. The summed E-state index contributed by atoms with van der Waals surface area (Å²) >= 11 is 6.28. The lowest BCUT2D eigenvalue weighted by Gasteiger charge is -2.36. The van der Waals surface area contributed by atoms with Crippen LogP contribution in [0.3, 0.4) is 0 Å². The third-order valence-electron chi connectivity index (χ3n) is 4.10. The molecule has 0 saturated heterocycles. The standard InChI is InChI=1S/C16H25ClN2/c1-2-11-19(15-9-7-14(18)8-10-15)12-13-5-3-4-6-16(13)17/h3-6,14-15H,2,7-12,18H2,1H3. The summed E-state index contributed by atoms with van der Waals surface area (Å²) in [6, 6.07) is 9.28. The Morgan fingerprint density at radius 2 is 1.89 bits per heavy atom. The van der Waals surface area contributed by atoms with Crippen molar-refractivity contribution in [3.8, 4) is 0 Å². The molecule has 0 amide bonds. The molecular formula is C16H25ClN2. The first-order valence-electron chi connectivity index (χ1n) is 7.43. The van der Waals surface area contributed by atoms with Gasteiger partial charge in [0, 0.05) is 23.7 Å². The highest BCUT2D eigenvalue weighted by Gasteiger charge is 2.24. The molecule has 0 aliphatic heterocycles. The molecule has 2 nitrogen and oxygen atoms in total. The number of rotatable bonds is 5. The van der Waals surface area contributed by atoms with Crippen molar-refractivity contribution in [1.82, 2.24) is 4.90 Å². The van der Waals surface area contributed by atoms with Crippen molar-refractivity contribution in [1.29, 1.82) is 0 Å². The predicted molar refractivity (Wildman–Crippen MR) is 82.4 cm³/mol. The van der Waals surface area contributed by atoms with E-state index in [1.165, 1.54) is 24.8 Å². The molecule has 1 fully saturated rings. The maximum absolute atomic E-state index is 6.28. The van der Waals surface area contributed by atoms with Gasteiger partial charge in [0.15, 0.2) is 0 Å². The van der Waals surface area contributed by atoms with Crippen LogP contribution in [0.15, 0.2) is 24.3 Å². The van der Waals surface area contributed by atoms with Gasteiger partial charge in [-0.2, -0.15) is 0 Å². The van der Waals surface area contributed by atoms with Crippen molar-refractivity contribution >= 4 is 11.6 Å². The number of hydrogen-bond acceptors (Lipinski definition) is 2. The normalized spacial score (nSPS) is 23.8. The van der Waals surface area contributed by atoms with Gasteiger partial charge in [-0.3, -0.25) is 4.90 Å². The van der Waals surface area contributed by atoms with Crippen molar-refractivity contribution in [3.63, 3.8) is 0 Å². The van der Waals surface area contributed by atoms with E-state index in [0.29, 0.717) is 12.1 Å². The number of halogens is 1. The van der Waals surface area contributed by atoms with Crippen LogP contribution in [-0.4, -0.2) is 23.5 Å². The first kappa shape index (κ1) is 14.8. The molecule has 0 spiro atoms. The van der Waals surface area contributed by atoms with Crippen molar-refractivity contribution in [2.75, 3.05) is 6.54 Å². The minimum absolute atomic E-state index is 0.417. The van der Waals surface area contributed by atoms with Crippen LogP contribution in [0, 0.1) is 0 Å². The molecule has 19 heavy (non-hydrogen) atoms. The summed E-state index contributed by atoms with van der Waals surface area (Å²) < 4.78 is 0. The average molecular weight is 281 g/mol. The molecule has 2 N–H and O–H groups in total. The molecule has 1 aromatic rings. The van der Waals surface area contributed by atoms with E-state index in [1.807, 2.05) is 12.1 Å². The van der Waals surface area contributed by atoms with Gasteiger partial charge in [0.05, 0.1) is 0 Å². The van der Waals surface area contributed by atoms with E-state index in [2.05, 4.69) is 24.0 Å². The number of benzene rings is 1. The third kappa shape index (κ3) is 4.20. The Kier molecular flexibility index (Phi) is 5.68.